The van der Waals surface area contributed by atoms with E-state index in [0.717, 1.165) is 19.3 Å². The fourth-order valence-corrected chi connectivity index (χ4v) is 11.2. The molecule has 2 aromatic rings. The van der Waals surface area contributed by atoms with Gasteiger partial charge in [0, 0.05) is 59.1 Å². The molecule has 1 aromatic heterocycles. The fraction of sp³-hybridized carbons (Fsp3) is 0.722. The lowest BCUT2D eigenvalue weighted by molar-refractivity contribution is -0.148. The summed E-state index contributed by atoms with van der Waals surface area (Å²) in [4.78, 5) is 76.0. The van der Waals surface area contributed by atoms with Crippen LogP contribution in [0.3, 0.4) is 0 Å². The van der Waals surface area contributed by atoms with E-state index in [4.69, 9.17) is 9.47 Å². The first-order valence-electron chi connectivity index (χ1n) is 26.1. The third kappa shape index (κ3) is 16.3. The number of aromatic nitrogens is 1. The summed E-state index contributed by atoms with van der Waals surface area (Å²) in [5, 5.41) is 38.5. The van der Waals surface area contributed by atoms with Crippen LogP contribution >= 0.6 is 11.8 Å². The van der Waals surface area contributed by atoms with E-state index >= 15 is 0 Å². The Kier molecular flexibility index (Phi) is 25.2. The van der Waals surface area contributed by atoms with Crippen molar-refractivity contribution in [1.29, 1.82) is 0 Å². The number of carbonyl (C=O) groups is 5. The van der Waals surface area contributed by atoms with Crippen molar-refractivity contribution in [2.75, 3.05) is 34.9 Å². The van der Waals surface area contributed by atoms with Gasteiger partial charge in [0.25, 0.3) is 0 Å². The summed E-state index contributed by atoms with van der Waals surface area (Å²) >= 11 is 1.56. The Labute approximate surface area is 429 Å². The molecule has 0 aliphatic carbocycles. The van der Waals surface area contributed by atoms with E-state index in [-0.39, 0.29) is 72.0 Å². The van der Waals surface area contributed by atoms with Gasteiger partial charge in [0.2, 0.25) is 35.4 Å². The van der Waals surface area contributed by atoms with E-state index in [1.54, 1.807) is 55.6 Å². The maximum atomic E-state index is 14.7. The zero-order valence-corrected chi connectivity index (χ0v) is 46.2. The number of hydrogen-bond donors (Lipinski definition) is 5. The average molecular weight is 1020 g/mol. The lowest BCUT2D eigenvalue weighted by Crippen LogP contribution is -2.60. The minimum absolute atomic E-state index is 0.0113. The molecule has 0 radical (unpaired) electrons. The van der Waals surface area contributed by atoms with Gasteiger partial charge in [-0.15, -0.1) is 11.8 Å². The highest BCUT2D eigenvalue weighted by atomic mass is 32.2. The monoisotopic (exact) mass is 1010 g/mol. The van der Waals surface area contributed by atoms with Gasteiger partial charge in [-0.1, -0.05) is 105 Å². The molecule has 10 unspecified atom stereocenters. The van der Waals surface area contributed by atoms with E-state index in [1.807, 2.05) is 71.9 Å². The number of aliphatic hydroxyl groups is 1. The Morgan fingerprint density at radius 1 is 0.831 bits per heavy atom. The second-order valence-electron chi connectivity index (χ2n) is 20.4. The predicted molar refractivity (Wildman–Crippen MR) is 280 cm³/mol. The highest BCUT2D eigenvalue weighted by Gasteiger charge is 2.43. The molecule has 1 fully saturated rings. The number of amides is 5. The SMILES string of the molecule is CCC(CC)Sc1cc(O)n(CCCCCC(=O)N(C)C(C(=O)NC(C(=O)N(C)C(C(C)CC)C(CC(=O)N2CCCC2C(OC)C(C)C(=O)NC(C)C(O)c2ccccc2)OC)C(C)C)C(C)C)c1O. The van der Waals surface area contributed by atoms with E-state index < -0.39 is 54.3 Å². The van der Waals surface area contributed by atoms with Crippen molar-refractivity contribution in [2.45, 2.75) is 199 Å². The van der Waals surface area contributed by atoms with Gasteiger partial charge in [-0.05, 0) is 68.8 Å². The Balaban J connectivity index is 1.68. The van der Waals surface area contributed by atoms with E-state index in [1.165, 1.54) is 23.7 Å². The average Bonchev–Trinajstić information content (AvgIpc) is 3.94. The lowest BCUT2D eigenvalue weighted by Gasteiger charge is -2.41. The third-order valence-electron chi connectivity index (χ3n) is 14.7. The Bertz CT molecular complexity index is 1980. The molecule has 71 heavy (non-hydrogen) atoms. The Hall–Kier alpha value is -4.32. The number of nitrogens with one attached hydrogen (secondary N) is 2. The number of benzene rings is 1. The van der Waals surface area contributed by atoms with Gasteiger partial charge in [-0.3, -0.25) is 28.5 Å². The van der Waals surface area contributed by atoms with Crippen LogP contribution in [0.4, 0.5) is 0 Å². The number of thioether (sulfide) groups is 1. The van der Waals surface area contributed by atoms with Crippen molar-refractivity contribution in [3.05, 3.63) is 42.0 Å². The second-order valence-corrected chi connectivity index (χ2v) is 21.7. The molecule has 3 rings (SSSR count). The number of aliphatic hydroxyl groups excluding tert-OH is 1. The van der Waals surface area contributed by atoms with Crippen molar-refractivity contribution >= 4 is 41.3 Å². The molecule has 1 aliphatic heterocycles. The first-order chi connectivity index (χ1) is 33.6. The highest BCUT2D eigenvalue weighted by Crippen LogP contribution is 2.39. The largest absolute Gasteiger partial charge is 0.494 e. The number of likely N-dealkylation sites (N-methyl/N-ethyl adjacent to an activating group) is 2. The van der Waals surface area contributed by atoms with E-state index in [9.17, 15) is 39.3 Å². The summed E-state index contributed by atoms with van der Waals surface area (Å²) in [6, 6.07) is 7.44. The predicted octanol–water partition coefficient (Wildman–Crippen LogP) is 7.52. The van der Waals surface area contributed by atoms with Crippen LogP contribution in [0.5, 0.6) is 11.8 Å². The van der Waals surface area contributed by atoms with Crippen LogP contribution in [0.1, 0.15) is 145 Å². The molecule has 1 aromatic carbocycles. The number of carbonyl (C=O) groups excluding carboxylic acids is 5. The van der Waals surface area contributed by atoms with Gasteiger partial charge in [0.1, 0.15) is 12.1 Å². The van der Waals surface area contributed by atoms with Crippen molar-refractivity contribution in [2.24, 2.45) is 23.7 Å². The van der Waals surface area contributed by atoms with E-state index in [2.05, 4.69) is 24.5 Å². The number of rotatable bonds is 30. The molecule has 2 heterocycles. The third-order valence-corrected chi connectivity index (χ3v) is 16.2. The zero-order valence-electron chi connectivity index (χ0n) is 45.4. The van der Waals surface area contributed by atoms with Gasteiger partial charge in [0.05, 0.1) is 53.7 Å². The molecule has 0 bridgehead atoms. The number of methoxy groups -OCH3 is 2. The standard InChI is InChI=1S/C54H90N6O10S/c1-15-35(8)48(41(69-13)31-44(62)59-30-24-27-40(59)50(70-14)36(9)51(65)55-37(10)49(64)38-25-20-18-21-26-38)58(12)54(68)46(33(4)5)56-52(66)47(34(6)7)57(11)43(61)28-22-19-23-29-60-45(63)32-42(53(60)67)71-39(16-2)17-3/h18,20-21,25-26,32-37,39-41,46-50,63-64,67H,15-17,19,22-24,27-31H2,1-14H3,(H,55,65)(H,56,66). The minimum Gasteiger partial charge on any atom is -0.494 e. The van der Waals surface area contributed by atoms with Gasteiger partial charge in [0.15, 0.2) is 5.88 Å². The van der Waals surface area contributed by atoms with Gasteiger partial charge < -0.3 is 50.1 Å². The normalized spacial score (nSPS) is 17.8. The lowest BCUT2D eigenvalue weighted by atomic mass is 9.89. The molecular weight excluding hydrogens is 925 g/mol. The molecule has 5 N–H and O–H groups in total. The van der Waals surface area contributed by atoms with Crippen molar-refractivity contribution in [3.8, 4) is 11.8 Å². The van der Waals surface area contributed by atoms with Gasteiger partial charge >= 0.3 is 0 Å². The molecule has 0 saturated carbocycles. The second kappa shape index (κ2) is 29.4. The summed E-state index contributed by atoms with van der Waals surface area (Å²) in [5.74, 6) is -2.73. The molecule has 402 valence electrons. The number of aromatic hydroxyl groups is 2. The van der Waals surface area contributed by atoms with Crippen LogP contribution in [0, 0.1) is 23.7 Å². The first-order valence-corrected chi connectivity index (χ1v) is 27.0. The van der Waals surface area contributed by atoms with Crippen LogP contribution in [0.15, 0.2) is 41.3 Å². The number of ether oxygens (including phenoxy) is 2. The highest BCUT2D eigenvalue weighted by molar-refractivity contribution is 8.00. The molecule has 5 amide bonds. The van der Waals surface area contributed by atoms with Crippen LogP contribution in [0.2, 0.25) is 0 Å². The maximum absolute atomic E-state index is 14.7. The zero-order chi connectivity index (χ0) is 53.3. The Morgan fingerprint density at radius 3 is 2.04 bits per heavy atom. The number of hydrogen-bond acceptors (Lipinski definition) is 11. The van der Waals surface area contributed by atoms with Crippen LogP contribution in [-0.4, -0.2) is 147 Å². The van der Waals surface area contributed by atoms with Crippen LogP contribution < -0.4 is 10.6 Å². The summed E-state index contributed by atoms with van der Waals surface area (Å²) in [5.41, 5.74) is 0.691. The van der Waals surface area contributed by atoms with Crippen LogP contribution in [0.25, 0.3) is 0 Å². The summed E-state index contributed by atoms with van der Waals surface area (Å²) in [6.07, 6.45) is 3.71. The van der Waals surface area contributed by atoms with Crippen molar-refractivity contribution < 1.29 is 48.8 Å². The fourth-order valence-electron chi connectivity index (χ4n) is 10.1. The summed E-state index contributed by atoms with van der Waals surface area (Å²) in [6.45, 7) is 20.1. The molecule has 1 saturated heterocycles. The molecule has 10 atom stereocenters. The van der Waals surface area contributed by atoms with Gasteiger partial charge in [-0.2, -0.15) is 0 Å². The Morgan fingerprint density at radius 2 is 1.48 bits per heavy atom. The van der Waals surface area contributed by atoms with E-state index in [0.29, 0.717) is 60.9 Å². The topological polar surface area (TPSA) is 203 Å². The van der Waals surface area contributed by atoms with Crippen molar-refractivity contribution in [1.82, 2.24) is 29.9 Å². The van der Waals surface area contributed by atoms with Gasteiger partial charge in [-0.25, -0.2) is 0 Å². The maximum Gasteiger partial charge on any atom is 0.245 e. The van der Waals surface area contributed by atoms with Crippen molar-refractivity contribution in [3.63, 3.8) is 0 Å². The smallest absolute Gasteiger partial charge is 0.245 e. The minimum atomic E-state index is -0.943. The summed E-state index contributed by atoms with van der Waals surface area (Å²) < 4.78 is 13.5. The quantitative estimate of drug-likeness (QED) is 0.0383. The summed E-state index contributed by atoms with van der Waals surface area (Å²) in [7, 11) is 6.38. The first kappa shape index (κ1) is 61.0. The molecular formula is C54H90N6O10S. The molecule has 17 heteroatoms. The van der Waals surface area contributed by atoms with Crippen LogP contribution in [-0.2, 0) is 40.0 Å². The number of unbranched alkanes of at least 4 members (excludes halogenated alkanes) is 2. The number of likely N-dealkylation sites (tertiary alicyclic amines) is 1. The number of nitrogens with zero attached hydrogens (tertiary/aromatic N) is 4. The molecule has 1 aliphatic rings. The molecule has 0 spiro atoms. The molecule has 16 nitrogen and oxygen atoms in total.